The maximum absolute atomic E-state index is 13.0. The van der Waals surface area contributed by atoms with Gasteiger partial charge in [-0.05, 0) is 12.1 Å². The molecule has 1 aromatic rings. The molecule has 0 atom stereocenters. The Morgan fingerprint density at radius 3 is 2.00 bits per heavy atom. The Morgan fingerprint density at radius 2 is 1.62 bits per heavy atom. The second-order valence-electron chi connectivity index (χ2n) is 2.54. The highest BCUT2D eigenvalue weighted by molar-refractivity contribution is 6.02. The number of halogens is 1. The zero-order valence-electron chi connectivity index (χ0n) is 8.24. The number of rotatable bonds is 2. The zero-order chi connectivity index (χ0) is 10.9. The largest absolute Gasteiger partial charge is 0.478 e. The molecule has 0 heterocycles. The molecular weight excluding hydrogens is 221 g/mol. The van der Waals surface area contributed by atoms with Crippen molar-refractivity contribution >= 4 is 17.6 Å². The monoisotopic (exact) mass is 233 g/mol. The van der Waals surface area contributed by atoms with Gasteiger partial charge in [0, 0.05) is 5.69 Å². The van der Waals surface area contributed by atoms with Crippen molar-refractivity contribution in [3.05, 3.63) is 29.1 Å². The van der Waals surface area contributed by atoms with Crippen LogP contribution in [0.3, 0.4) is 0 Å². The Morgan fingerprint density at radius 1 is 1.12 bits per heavy atom. The van der Waals surface area contributed by atoms with E-state index in [1.165, 1.54) is 0 Å². The van der Waals surface area contributed by atoms with Gasteiger partial charge in [-0.1, -0.05) is 0 Å². The first kappa shape index (κ1) is 16.2. The Balaban J connectivity index is 0. The molecule has 0 aliphatic rings. The number of anilines is 1. The van der Waals surface area contributed by atoms with Gasteiger partial charge < -0.3 is 28.2 Å². The minimum atomic E-state index is -1.64. The molecule has 0 aliphatic carbocycles. The molecule has 16 heavy (non-hydrogen) atoms. The third kappa shape index (κ3) is 2.90. The van der Waals surface area contributed by atoms with Gasteiger partial charge in [-0.25, -0.2) is 14.0 Å². The summed E-state index contributed by atoms with van der Waals surface area (Å²) in [5.41, 5.74) is 3.50. The number of carboxylic acid groups (broad SMARTS) is 2. The summed E-state index contributed by atoms with van der Waals surface area (Å²) in [4.78, 5) is 21.1. The van der Waals surface area contributed by atoms with Gasteiger partial charge in [0.25, 0.3) is 0 Å². The molecule has 0 fully saturated rings. The second kappa shape index (κ2) is 5.63. The molecule has 0 unspecified atom stereocenters. The van der Waals surface area contributed by atoms with Crippen LogP contribution in [-0.4, -0.2) is 22.2 Å². The van der Waals surface area contributed by atoms with Crippen molar-refractivity contribution in [3.63, 3.8) is 0 Å². The fourth-order valence-corrected chi connectivity index (χ4v) is 1.01. The number of hydrogen-bond donors (Lipinski definition) is 5. The standard InChI is InChI=1S/C8H6FNO4.2H3N/c9-5-2-3(10)1-4(7(11)12)6(5)8(13)14;;/h1-2H,10H2,(H,11,12)(H,13,14);2*1H3. The molecule has 8 heteroatoms. The van der Waals surface area contributed by atoms with Crippen LogP contribution in [0, 0.1) is 5.82 Å². The van der Waals surface area contributed by atoms with Crippen molar-refractivity contribution in [2.24, 2.45) is 0 Å². The van der Waals surface area contributed by atoms with Crippen LogP contribution < -0.4 is 18.0 Å². The van der Waals surface area contributed by atoms with E-state index in [9.17, 15) is 14.0 Å². The third-order valence-electron chi connectivity index (χ3n) is 1.56. The highest BCUT2D eigenvalue weighted by atomic mass is 19.1. The summed E-state index contributed by atoms with van der Waals surface area (Å²) in [7, 11) is 0. The predicted molar refractivity (Wildman–Crippen MR) is 54.8 cm³/mol. The van der Waals surface area contributed by atoms with Crippen LogP contribution in [0.4, 0.5) is 10.1 Å². The summed E-state index contributed by atoms with van der Waals surface area (Å²) < 4.78 is 13.0. The maximum Gasteiger partial charge on any atom is 0.339 e. The van der Waals surface area contributed by atoms with E-state index in [1.54, 1.807) is 0 Å². The minimum absolute atomic E-state index is 0. The second-order valence-corrected chi connectivity index (χ2v) is 2.54. The number of nitrogen functional groups attached to an aromatic ring is 1. The van der Waals surface area contributed by atoms with Crippen LogP contribution in [0.1, 0.15) is 20.7 Å². The molecular formula is C8H12FN3O4. The molecule has 7 nitrogen and oxygen atoms in total. The summed E-state index contributed by atoms with van der Waals surface area (Å²) in [6.07, 6.45) is 0. The Hall–Kier alpha value is -2.19. The number of hydrogen-bond acceptors (Lipinski definition) is 5. The first-order valence-electron chi connectivity index (χ1n) is 3.49. The lowest BCUT2D eigenvalue weighted by Crippen LogP contribution is -2.11. The summed E-state index contributed by atoms with van der Waals surface area (Å²) in [5, 5.41) is 17.1. The molecule has 0 radical (unpaired) electrons. The average molecular weight is 233 g/mol. The number of carboxylic acids is 2. The van der Waals surface area contributed by atoms with Gasteiger partial charge in [-0.2, -0.15) is 0 Å². The topological polar surface area (TPSA) is 171 Å². The Labute approximate surface area is 89.8 Å². The summed E-state index contributed by atoms with van der Waals surface area (Å²) >= 11 is 0. The molecule has 0 amide bonds. The van der Waals surface area contributed by atoms with Crippen molar-refractivity contribution in [2.45, 2.75) is 0 Å². The molecule has 0 aliphatic heterocycles. The quantitative estimate of drug-likeness (QED) is 0.476. The van der Waals surface area contributed by atoms with Crippen molar-refractivity contribution in [1.29, 1.82) is 0 Å². The lowest BCUT2D eigenvalue weighted by Gasteiger charge is -2.03. The molecule has 1 rings (SSSR count). The molecule has 90 valence electrons. The molecule has 0 saturated heterocycles. The van der Waals surface area contributed by atoms with Crippen LogP contribution in [0.5, 0.6) is 0 Å². The molecule has 0 saturated carbocycles. The number of nitrogens with two attached hydrogens (primary N) is 1. The summed E-state index contributed by atoms with van der Waals surface area (Å²) in [6.45, 7) is 0. The van der Waals surface area contributed by atoms with Crippen molar-refractivity contribution in [1.82, 2.24) is 12.3 Å². The third-order valence-corrected chi connectivity index (χ3v) is 1.56. The van der Waals surface area contributed by atoms with Crippen LogP contribution in [-0.2, 0) is 0 Å². The van der Waals surface area contributed by atoms with Crippen molar-refractivity contribution < 1.29 is 24.2 Å². The van der Waals surface area contributed by atoms with Crippen molar-refractivity contribution in [2.75, 3.05) is 5.73 Å². The lowest BCUT2D eigenvalue weighted by molar-refractivity contribution is 0.0647. The number of benzene rings is 1. The fraction of sp³-hybridized carbons (Fsp3) is 0. The Kier molecular flexibility index (Phi) is 5.72. The first-order valence-corrected chi connectivity index (χ1v) is 3.49. The van der Waals surface area contributed by atoms with E-state index in [2.05, 4.69) is 0 Å². The van der Waals surface area contributed by atoms with Crippen LogP contribution in [0.2, 0.25) is 0 Å². The van der Waals surface area contributed by atoms with Crippen LogP contribution >= 0.6 is 0 Å². The van der Waals surface area contributed by atoms with Crippen molar-refractivity contribution in [3.8, 4) is 0 Å². The van der Waals surface area contributed by atoms with Gasteiger partial charge in [0.1, 0.15) is 11.4 Å². The van der Waals surface area contributed by atoms with E-state index in [-0.39, 0.29) is 18.0 Å². The fourth-order valence-electron chi connectivity index (χ4n) is 1.01. The van der Waals surface area contributed by atoms with Gasteiger partial charge in [-0.15, -0.1) is 0 Å². The highest BCUT2D eigenvalue weighted by Crippen LogP contribution is 2.18. The Bertz CT molecular complexity index is 422. The molecule has 0 aromatic heterocycles. The van der Waals surface area contributed by atoms with Gasteiger partial charge in [-0.3, -0.25) is 0 Å². The van der Waals surface area contributed by atoms with E-state index in [0.29, 0.717) is 0 Å². The van der Waals surface area contributed by atoms with E-state index < -0.39 is 28.9 Å². The summed E-state index contributed by atoms with van der Waals surface area (Å²) in [6, 6.07) is 1.66. The molecule has 1 aromatic carbocycles. The van der Waals surface area contributed by atoms with Gasteiger partial charge >= 0.3 is 11.9 Å². The van der Waals surface area contributed by atoms with Crippen LogP contribution in [0.25, 0.3) is 0 Å². The highest BCUT2D eigenvalue weighted by Gasteiger charge is 2.21. The average Bonchev–Trinajstić information content (AvgIpc) is 2.01. The van der Waals surface area contributed by atoms with E-state index in [4.69, 9.17) is 15.9 Å². The first-order chi connectivity index (χ1) is 6.43. The summed E-state index contributed by atoms with van der Waals surface area (Å²) in [5.74, 6) is -4.33. The number of aromatic carboxylic acids is 2. The van der Waals surface area contributed by atoms with E-state index in [1.807, 2.05) is 0 Å². The smallest absolute Gasteiger partial charge is 0.339 e. The SMILES string of the molecule is N.N.Nc1cc(F)c(C(=O)O)c(C(=O)O)c1. The van der Waals surface area contributed by atoms with Crippen LogP contribution in [0.15, 0.2) is 12.1 Å². The lowest BCUT2D eigenvalue weighted by atomic mass is 10.1. The van der Waals surface area contributed by atoms with Gasteiger partial charge in [0.15, 0.2) is 0 Å². The molecule has 10 N–H and O–H groups in total. The number of carbonyl (C=O) groups is 2. The molecule has 0 bridgehead atoms. The maximum atomic E-state index is 13.0. The minimum Gasteiger partial charge on any atom is -0.478 e. The van der Waals surface area contributed by atoms with Gasteiger partial charge in [0.05, 0.1) is 5.56 Å². The van der Waals surface area contributed by atoms with E-state index in [0.717, 1.165) is 12.1 Å². The predicted octanol–water partition coefficient (Wildman–Crippen LogP) is 1.13. The zero-order valence-corrected chi connectivity index (χ0v) is 8.24. The van der Waals surface area contributed by atoms with Gasteiger partial charge in [0.2, 0.25) is 0 Å². The normalized spacial score (nSPS) is 8.56. The molecule has 0 spiro atoms. The van der Waals surface area contributed by atoms with E-state index >= 15 is 0 Å².